The van der Waals surface area contributed by atoms with Crippen molar-refractivity contribution in [2.75, 3.05) is 11.6 Å². The van der Waals surface area contributed by atoms with E-state index >= 15 is 0 Å². The topological polar surface area (TPSA) is 67.9 Å². The zero-order valence-corrected chi connectivity index (χ0v) is 19.9. The van der Waals surface area contributed by atoms with Crippen LogP contribution in [0.1, 0.15) is 23.6 Å². The van der Waals surface area contributed by atoms with Gasteiger partial charge in [0.15, 0.2) is 11.5 Å². The van der Waals surface area contributed by atoms with Crippen LogP contribution in [0, 0.1) is 6.92 Å². The van der Waals surface area contributed by atoms with E-state index in [9.17, 15) is 9.59 Å². The zero-order chi connectivity index (χ0) is 23.4. The van der Waals surface area contributed by atoms with Gasteiger partial charge in [-0.1, -0.05) is 48.0 Å². The summed E-state index contributed by atoms with van der Waals surface area (Å²) in [5.74, 6) is 0.212. The number of ether oxygens (including phenoxy) is 2. The normalized spacial score (nSPS) is 14.5. The Morgan fingerprint density at radius 3 is 2.52 bits per heavy atom. The minimum absolute atomic E-state index is 0.0432. The Hall–Kier alpha value is -3.58. The highest BCUT2D eigenvalue weighted by atomic mass is 79.9. The third-order valence-corrected chi connectivity index (χ3v) is 5.60. The molecule has 4 rings (SSSR count). The second-order valence-corrected chi connectivity index (χ2v) is 8.37. The molecule has 0 aromatic heterocycles. The molecular weight excluding hydrogens is 484 g/mol. The maximum Gasteiger partial charge on any atom is 0.282 e. The Morgan fingerprint density at radius 1 is 1.00 bits per heavy atom. The summed E-state index contributed by atoms with van der Waals surface area (Å²) in [6.45, 7) is 4.74. The number of carbonyl (C=O) groups is 2. The van der Waals surface area contributed by atoms with Crippen LogP contribution in [0.5, 0.6) is 11.5 Å². The van der Waals surface area contributed by atoms with E-state index in [1.165, 1.54) is 5.01 Å². The fourth-order valence-corrected chi connectivity index (χ4v) is 4.09. The summed E-state index contributed by atoms with van der Waals surface area (Å²) in [4.78, 5) is 25.4. The molecule has 3 aromatic carbocycles. The van der Waals surface area contributed by atoms with Gasteiger partial charge in [0.1, 0.15) is 12.2 Å². The van der Waals surface area contributed by atoms with Crippen molar-refractivity contribution in [1.82, 2.24) is 5.43 Å². The number of hydrogen-bond acceptors (Lipinski definition) is 4. The first-order chi connectivity index (χ1) is 16.0. The number of nitrogens with zero attached hydrogens (tertiary/aromatic N) is 1. The van der Waals surface area contributed by atoms with Gasteiger partial charge in [-0.05, 0) is 71.2 Å². The number of anilines is 1. The molecule has 2 amide bonds. The summed E-state index contributed by atoms with van der Waals surface area (Å²) in [6.07, 6.45) is 1.55. The van der Waals surface area contributed by atoms with Crippen LogP contribution in [0.15, 0.2) is 76.8 Å². The fourth-order valence-electron chi connectivity index (χ4n) is 3.51. The van der Waals surface area contributed by atoms with Gasteiger partial charge in [-0.25, -0.2) is 5.01 Å². The molecular formula is C26H23BrN2O4. The maximum atomic E-state index is 12.9. The highest BCUT2D eigenvalue weighted by molar-refractivity contribution is 9.10. The van der Waals surface area contributed by atoms with Gasteiger partial charge in [-0.15, -0.1) is 0 Å². The first-order valence-corrected chi connectivity index (χ1v) is 11.3. The summed E-state index contributed by atoms with van der Waals surface area (Å²) in [6, 6.07) is 20.6. The zero-order valence-electron chi connectivity index (χ0n) is 18.3. The lowest BCUT2D eigenvalue weighted by Crippen LogP contribution is -2.35. The second-order valence-electron chi connectivity index (χ2n) is 7.52. The number of halogens is 1. The van der Waals surface area contributed by atoms with Crippen LogP contribution >= 0.6 is 15.9 Å². The average Bonchev–Trinajstić information content (AvgIpc) is 3.08. The van der Waals surface area contributed by atoms with Crippen molar-refractivity contribution >= 4 is 39.5 Å². The van der Waals surface area contributed by atoms with E-state index in [-0.39, 0.29) is 5.57 Å². The molecule has 0 aliphatic carbocycles. The lowest BCUT2D eigenvalue weighted by atomic mass is 10.1. The van der Waals surface area contributed by atoms with Crippen LogP contribution < -0.4 is 19.9 Å². The molecule has 1 heterocycles. The molecule has 6 nitrogen and oxygen atoms in total. The molecule has 33 heavy (non-hydrogen) atoms. The van der Waals surface area contributed by atoms with Gasteiger partial charge in [0, 0.05) is 0 Å². The van der Waals surface area contributed by atoms with Crippen molar-refractivity contribution in [1.29, 1.82) is 0 Å². The number of nitrogens with one attached hydrogen (secondary N) is 1. The van der Waals surface area contributed by atoms with Crippen LogP contribution in [-0.2, 0) is 16.2 Å². The molecule has 1 fully saturated rings. The number of hydrazine groups is 1. The van der Waals surface area contributed by atoms with Gasteiger partial charge in [0.2, 0.25) is 0 Å². The van der Waals surface area contributed by atoms with Gasteiger partial charge in [-0.2, -0.15) is 0 Å². The molecule has 1 saturated heterocycles. The van der Waals surface area contributed by atoms with Gasteiger partial charge >= 0.3 is 0 Å². The lowest BCUT2D eigenvalue weighted by molar-refractivity contribution is -0.117. The van der Waals surface area contributed by atoms with Crippen LogP contribution in [0.25, 0.3) is 6.08 Å². The Bertz CT molecular complexity index is 1220. The summed E-state index contributed by atoms with van der Waals surface area (Å²) in [7, 11) is 0. The van der Waals surface area contributed by atoms with Crippen LogP contribution in [0.2, 0.25) is 0 Å². The summed E-state index contributed by atoms with van der Waals surface area (Å²) in [5.41, 5.74) is 6.09. The summed E-state index contributed by atoms with van der Waals surface area (Å²) >= 11 is 3.55. The monoisotopic (exact) mass is 506 g/mol. The number of amides is 2. The molecule has 1 aliphatic rings. The van der Waals surface area contributed by atoms with Gasteiger partial charge in [-0.3, -0.25) is 15.0 Å². The fraction of sp³-hybridized carbons (Fsp3) is 0.154. The molecule has 1 aliphatic heterocycles. The molecule has 0 radical (unpaired) electrons. The minimum atomic E-state index is -0.460. The van der Waals surface area contributed by atoms with E-state index in [1.807, 2.05) is 38.1 Å². The van der Waals surface area contributed by atoms with Crippen LogP contribution in [0.3, 0.4) is 0 Å². The van der Waals surface area contributed by atoms with Crippen LogP contribution in [-0.4, -0.2) is 18.4 Å². The molecule has 0 saturated carbocycles. The van der Waals surface area contributed by atoms with Gasteiger partial charge < -0.3 is 9.47 Å². The molecule has 1 N–H and O–H groups in total. The highest BCUT2D eigenvalue weighted by Crippen LogP contribution is 2.38. The van der Waals surface area contributed by atoms with Gasteiger partial charge in [0.25, 0.3) is 11.8 Å². The number of aryl methyl sites for hydroxylation is 1. The molecule has 0 spiro atoms. The number of hydrogen-bond donors (Lipinski definition) is 1. The van der Waals surface area contributed by atoms with Crippen molar-refractivity contribution in [2.24, 2.45) is 0 Å². The Kier molecular flexibility index (Phi) is 6.79. The van der Waals surface area contributed by atoms with Crippen LogP contribution in [0.4, 0.5) is 5.69 Å². The van der Waals surface area contributed by atoms with Crippen molar-refractivity contribution in [3.63, 3.8) is 0 Å². The molecule has 168 valence electrons. The van der Waals surface area contributed by atoms with Crippen molar-refractivity contribution in [2.45, 2.75) is 20.5 Å². The Balaban J connectivity index is 1.61. The number of rotatable bonds is 7. The Labute approximate surface area is 200 Å². The van der Waals surface area contributed by atoms with E-state index in [4.69, 9.17) is 9.47 Å². The van der Waals surface area contributed by atoms with Crippen molar-refractivity contribution < 1.29 is 19.1 Å². The first kappa shape index (κ1) is 22.6. The number of para-hydroxylation sites is 1. The summed E-state index contributed by atoms with van der Waals surface area (Å²) < 4.78 is 12.5. The Morgan fingerprint density at radius 2 is 1.79 bits per heavy atom. The number of benzene rings is 3. The molecule has 3 aromatic rings. The van der Waals surface area contributed by atoms with E-state index in [0.717, 1.165) is 11.1 Å². The maximum absolute atomic E-state index is 12.9. The number of carbonyl (C=O) groups excluding carboxylic acids is 2. The molecule has 7 heteroatoms. The standard InChI is InChI=1S/C26H23BrN2O4/c1-3-32-23-15-19(14-22(27)24(23)33-16-18-9-7-8-17(2)12-18)13-21-25(30)28-29(26(21)31)20-10-5-4-6-11-20/h4-15H,3,16H2,1-2H3,(H,28,30)/b21-13+. The van der Waals surface area contributed by atoms with E-state index < -0.39 is 11.8 Å². The molecule has 0 unspecified atom stereocenters. The van der Waals surface area contributed by atoms with Gasteiger partial charge in [0.05, 0.1) is 16.8 Å². The van der Waals surface area contributed by atoms with Crippen molar-refractivity contribution in [3.8, 4) is 11.5 Å². The third-order valence-electron chi connectivity index (χ3n) is 5.01. The highest BCUT2D eigenvalue weighted by Gasteiger charge is 2.34. The molecule has 0 atom stereocenters. The van der Waals surface area contributed by atoms with Crippen molar-refractivity contribution in [3.05, 3.63) is 93.5 Å². The van der Waals surface area contributed by atoms with E-state index in [2.05, 4.69) is 27.4 Å². The largest absolute Gasteiger partial charge is 0.490 e. The minimum Gasteiger partial charge on any atom is -0.490 e. The predicted octanol–water partition coefficient (Wildman–Crippen LogP) is 5.20. The average molecular weight is 507 g/mol. The second kappa shape index (κ2) is 9.92. The first-order valence-electron chi connectivity index (χ1n) is 10.5. The predicted molar refractivity (Wildman–Crippen MR) is 131 cm³/mol. The third kappa shape index (κ3) is 5.09. The summed E-state index contributed by atoms with van der Waals surface area (Å²) in [5, 5.41) is 1.24. The van der Waals surface area contributed by atoms with E-state index in [1.54, 1.807) is 42.5 Å². The molecule has 0 bridgehead atoms. The van der Waals surface area contributed by atoms with E-state index in [0.29, 0.717) is 40.4 Å². The lowest BCUT2D eigenvalue weighted by Gasteiger charge is -2.15. The quantitative estimate of drug-likeness (QED) is 0.353. The smallest absolute Gasteiger partial charge is 0.282 e. The SMILES string of the molecule is CCOc1cc(/C=C2\C(=O)NN(c3ccccc3)C2=O)cc(Br)c1OCc1cccc(C)c1.